The van der Waals surface area contributed by atoms with E-state index in [1.807, 2.05) is 43.3 Å². The molecule has 42 heavy (non-hydrogen) atoms. The van der Waals surface area contributed by atoms with Gasteiger partial charge in [0.15, 0.2) is 0 Å². The number of fused-ring (bicyclic) bond motifs is 1. The number of amides is 2. The fourth-order valence-electron chi connectivity index (χ4n) is 5.14. The zero-order chi connectivity index (χ0) is 29.3. The first kappa shape index (κ1) is 27.2. The summed E-state index contributed by atoms with van der Waals surface area (Å²) in [6.07, 6.45) is 1.38. The molecule has 0 saturated carbocycles. The van der Waals surface area contributed by atoms with E-state index in [9.17, 15) is 18.0 Å². The van der Waals surface area contributed by atoms with Crippen molar-refractivity contribution in [3.63, 3.8) is 0 Å². The summed E-state index contributed by atoms with van der Waals surface area (Å²) < 4.78 is 28.6. The van der Waals surface area contributed by atoms with Crippen LogP contribution in [0.5, 0.6) is 0 Å². The predicted octanol–water partition coefficient (Wildman–Crippen LogP) is 5.58. The summed E-state index contributed by atoms with van der Waals surface area (Å²) in [6, 6.07) is 27.6. The molecule has 212 valence electrons. The first-order chi connectivity index (χ1) is 20.3. The number of aryl methyl sites for hydroxylation is 1. The Bertz CT molecular complexity index is 1870. The Labute approximate surface area is 243 Å². The topological polar surface area (TPSA) is 124 Å². The van der Waals surface area contributed by atoms with Gasteiger partial charge < -0.3 is 15.2 Å². The maximum atomic E-state index is 13.1. The van der Waals surface area contributed by atoms with E-state index < -0.39 is 16.1 Å². The molecule has 1 aliphatic rings. The van der Waals surface area contributed by atoms with Gasteiger partial charge >= 0.3 is 0 Å². The molecule has 1 fully saturated rings. The van der Waals surface area contributed by atoms with Crippen molar-refractivity contribution >= 4 is 44.2 Å². The van der Waals surface area contributed by atoms with Crippen LogP contribution in [0.4, 0.5) is 11.4 Å². The van der Waals surface area contributed by atoms with Crippen molar-refractivity contribution in [2.24, 2.45) is 0 Å². The summed E-state index contributed by atoms with van der Waals surface area (Å²) in [5, 5.41) is 2.94. The van der Waals surface area contributed by atoms with Gasteiger partial charge in [0.2, 0.25) is 5.91 Å². The Morgan fingerprint density at radius 3 is 2.38 bits per heavy atom. The van der Waals surface area contributed by atoms with Crippen LogP contribution in [0.25, 0.3) is 22.4 Å². The maximum absolute atomic E-state index is 13.1. The van der Waals surface area contributed by atoms with Crippen molar-refractivity contribution in [1.82, 2.24) is 14.9 Å². The fraction of sp³-hybridized carbons (Fsp3) is 0.156. The smallest absolute Gasteiger partial charge is 0.261 e. The molecule has 2 heterocycles. The fourth-order valence-corrected chi connectivity index (χ4v) is 6.20. The number of carbonyl (C=O) groups excluding carboxylic acids is 2. The first-order valence-corrected chi connectivity index (χ1v) is 15.1. The molecule has 0 bridgehead atoms. The van der Waals surface area contributed by atoms with Crippen LogP contribution in [0.15, 0.2) is 102 Å². The third kappa shape index (κ3) is 5.48. The molecule has 3 N–H and O–H groups in total. The van der Waals surface area contributed by atoms with Crippen LogP contribution >= 0.6 is 0 Å². The predicted molar refractivity (Wildman–Crippen MR) is 163 cm³/mol. The second-order valence-electron chi connectivity index (χ2n) is 10.3. The molecule has 6 rings (SSSR count). The normalized spacial score (nSPS) is 15.1. The van der Waals surface area contributed by atoms with Gasteiger partial charge in [0.05, 0.1) is 16.1 Å². The van der Waals surface area contributed by atoms with Gasteiger partial charge in [-0.25, -0.2) is 13.4 Å². The number of hydrogen-bond acceptors (Lipinski definition) is 5. The number of likely N-dealkylation sites (tertiary alicyclic amines) is 1. The number of H-pyrrole nitrogens is 1. The largest absolute Gasteiger partial charge is 0.338 e. The number of nitrogens with zero attached hydrogens (tertiary/aromatic N) is 2. The molecule has 2 amide bonds. The van der Waals surface area contributed by atoms with Crippen molar-refractivity contribution < 1.29 is 18.0 Å². The zero-order valence-corrected chi connectivity index (χ0v) is 23.7. The summed E-state index contributed by atoms with van der Waals surface area (Å²) >= 11 is 0. The summed E-state index contributed by atoms with van der Waals surface area (Å²) in [6.45, 7) is 2.44. The number of carbonyl (C=O) groups is 2. The van der Waals surface area contributed by atoms with Crippen molar-refractivity contribution in [1.29, 1.82) is 0 Å². The number of benzene rings is 4. The number of rotatable bonds is 7. The van der Waals surface area contributed by atoms with Crippen molar-refractivity contribution in [2.75, 3.05) is 16.6 Å². The quantitative estimate of drug-likeness (QED) is 0.232. The van der Waals surface area contributed by atoms with E-state index >= 15 is 0 Å². The lowest BCUT2D eigenvalue weighted by molar-refractivity contribution is -0.119. The SMILES string of the molecule is Cc1ccc(S(=O)(=O)Nc2cccc3[nH]c(-c4ccc(NC(=O)[C@@H]5CCCN5C(=O)c5ccccc5)cc4)nc23)cc1. The van der Waals surface area contributed by atoms with Gasteiger partial charge in [-0.2, -0.15) is 0 Å². The van der Waals surface area contributed by atoms with Crippen LogP contribution in [0.1, 0.15) is 28.8 Å². The van der Waals surface area contributed by atoms with Crippen LogP contribution in [-0.2, 0) is 14.8 Å². The minimum Gasteiger partial charge on any atom is -0.338 e. The summed E-state index contributed by atoms with van der Waals surface area (Å²) in [5.41, 5.74) is 4.44. The lowest BCUT2D eigenvalue weighted by Gasteiger charge is -2.24. The minimum absolute atomic E-state index is 0.144. The second kappa shape index (κ2) is 11.1. The van der Waals surface area contributed by atoms with E-state index in [1.165, 1.54) is 0 Å². The molecule has 10 heteroatoms. The summed E-state index contributed by atoms with van der Waals surface area (Å²) in [4.78, 5) is 35.8. The van der Waals surface area contributed by atoms with Gasteiger partial charge in [-0.05, 0) is 80.4 Å². The number of aromatic nitrogens is 2. The van der Waals surface area contributed by atoms with E-state index in [2.05, 4.69) is 20.0 Å². The monoisotopic (exact) mass is 579 g/mol. The molecule has 0 radical (unpaired) electrons. The molecule has 4 aromatic carbocycles. The van der Waals surface area contributed by atoms with E-state index in [0.717, 1.165) is 17.5 Å². The minimum atomic E-state index is -3.80. The first-order valence-electron chi connectivity index (χ1n) is 13.6. The zero-order valence-electron chi connectivity index (χ0n) is 22.9. The summed E-state index contributed by atoms with van der Waals surface area (Å²) in [7, 11) is -3.80. The van der Waals surface area contributed by atoms with Gasteiger partial charge in [0.1, 0.15) is 17.4 Å². The Balaban J connectivity index is 1.17. The van der Waals surface area contributed by atoms with Crippen LogP contribution in [0.3, 0.4) is 0 Å². The van der Waals surface area contributed by atoms with Crippen molar-refractivity contribution in [3.8, 4) is 11.4 Å². The maximum Gasteiger partial charge on any atom is 0.261 e. The van der Waals surface area contributed by atoms with Crippen molar-refractivity contribution in [3.05, 3.63) is 108 Å². The number of anilines is 2. The Morgan fingerprint density at radius 2 is 1.64 bits per heavy atom. The van der Waals surface area contributed by atoms with Gasteiger partial charge in [-0.3, -0.25) is 14.3 Å². The highest BCUT2D eigenvalue weighted by Crippen LogP contribution is 2.29. The molecule has 0 aliphatic carbocycles. The number of aromatic amines is 1. The number of imidazole rings is 1. The molecule has 1 aliphatic heterocycles. The Kier molecular flexibility index (Phi) is 7.22. The van der Waals surface area contributed by atoms with E-state index in [-0.39, 0.29) is 16.7 Å². The van der Waals surface area contributed by atoms with Gasteiger partial charge in [0.25, 0.3) is 15.9 Å². The third-order valence-corrected chi connectivity index (χ3v) is 8.73. The van der Waals surface area contributed by atoms with Gasteiger partial charge in [-0.15, -0.1) is 0 Å². The highest BCUT2D eigenvalue weighted by atomic mass is 32.2. The molecule has 1 atom stereocenters. The van der Waals surface area contributed by atoms with Crippen molar-refractivity contribution in [2.45, 2.75) is 30.7 Å². The molecule has 5 aromatic rings. The molecular weight excluding hydrogens is 550 g/mol. The molecule has 1 saturated heterocycles. The average molecular weight is 580 g/mol. The van der Waals surface area contributed by atoms with E-state index in [0.29, 0.717) is 46.8 Å². The summed E-state index contributed by atoms with van der Waals surface area (Å²) in [5.74, 6) is 0.188. The number of hydrogen-bond donors (Lipinski definition) is 3. The van der Waals surface area contributed by atoms with Crippen LogP contribution in [0.2, 0.25) is 0 Å². The Morgan fingerprint density at radius 1 is 0.905 bits per heavy atom. The van der Waals surface area contributed by atoms with Crippen LogP contribution in [0, 0.1) is 6.92 Å². The van der Waals surface area contributed by atoms with Gasteiger partial charge in [-0.1, -0.05) is 42.0 Å². The Hall–Kier alpha value is -4.96. The standard InChI is InChI=1S/C32H29N5O4S/c1-21-12-18-25(19-13-21)42(40,41)36-27-10-5-9-26-29(27)35-30(34-26)22-14-16-24(17-15-22)33-31(38)28-11-6-20-37(28)32(39)23-7-3-2-4-8-23/h2-5,7-10,12-19,28,36H,6,11,20H2,1H3,(H,33,38)(H,34,35)/t28-/m0/s1. The molecule has 0 unspecified atom stereocenters. The number of nitrogens with one attached hydrogen (secondary N) is 3. The second-order valence-corrected chi connectivity index (χ2v) is 12.0. The highest BCUT2D eigenvalue weighted by molar-refractivity contribution is 7.92. The molecule has 1 aromatic heterocycles. The lowest BCUT2D eigenvalue weighted by atomic mass is 10.1. The van der Waals surface area contributed by atoms with Crippen LogP contribution < -0.4 is 10.0 Å². The molecular formula is C32H29N5O4S. The third-order valence-electron chi connectivity index (χ3n) is 7.35. The number of sulfonamides is 1. The molecule has 0 spiro atoms. The van der Waals surface area contributed by atoms with E-state index in [4.69, 9.17) is 0 Å². The number of para-hydroxylation sites is 1. The van der Waals surface area contributed by atoms with Gasteiger partial charge in [0, 0.05) is 23.4 Å². The van der Waals surface area contributed by atoms with Crippen LogP contribution in [-0.4, -0.2) is 47.7 Å². The lowest BCUT2D eigenvalue weighted by Crippen LogP contribution is -2.43. The average Bonchev–Trinajstić information content (AvgIpc) is 3.66. The highest BCUT2D eigenvalue weighted by Gasteiger charge is 2.34. The molecule has 9 nitrogen and oxygen atoms in total. The van der Waals surface area contributed by atoms with E-state index in [1.54, 1.807) is 65.6 Å².